The minimum atomic E-state index is 0.199. The summed E-state index contributed by atoms with van der Waals surface area (Å²) in [5.41, 5.74) is 2.84. The van der Waals surface area contributed by atoms with Gasteiger partial charge in [0.1, 0.15) is 5.76 Å². The van der Waals surface area contributed by atoms with Crippen molar-refractivity contribution in [2.45, 2.75) is 40.2 Å². The molecule has 3 heterocycles. The van der Waals surface area contributed by atoms with Crippen LogP contribution in [0, 0.1) is 20.8 Å². The fourth-order valence-electron chi connectivity index (χ4n) is 3.12. The quantitative estimate of drug-likeness (QED) is 0.832. The lowest BCUT2D eigenvalue weighted by atomic mass is 10.1. The topological polar surface area (TPSA) is 75.6 Å². The first kappa shape index (κ1) is 16.7. The van der Waals surface area contributed by atoms with Crippen molar-refractivity contribution in [1.29, 1.82) is 0 Å². The van der Waals surface area contributed by atoms with Crippen LogP contribution in [0.4, 0.5) is 0 Å². The Morgan fingerprint density at radius 1 is 1.12 bits per heavy atom. The van der Waals surface area contributed by atoms with Gasteiger partial charge in [0.15, 0.2) is 5.76 Å². The molecule has 0 spiro atoms. The number of hydrogen-bond donors (Lipinski definition) is 0. The van der Waals surface area contributed by atoms with Crippen molar-refractivity contribution in [3.63, 3.8) is 0 Å². The number of rotatable bonds is 5. The van der Waals surface area contributed by atoms with Crippen LogP contribution in [0.2, 0.25) is 0 Å². The van der Waals surface area contributed by atoms with Gasteiger partial charge >= 0.3 is 0 Å². The zero-order valence-corrected chi connectivity index (χ0v) is 14.5. The van der Waals surface area contributed by atoms with Crippen LogP contribution in [0.15, 0.2) is 15.1 Å². The van der Waals surface area contributed by atoms with E-state index < -0.39 is 0 Å². The Balaban J connectivity index is 1.45. The Morgan fingerprint density at radius 3 is 2.46 bits per heavy atom. The van der Waals surface area contributed by atoms with Crippen LogP contribution in [0.1, 0.15) is 34.9 Å². The molecule has 0 saturated carbocycles. The average molecular weight is 332 g/mol. The maximum absolute atomic E-state index is 12.4. The molecule has 0 N–H and O–H groups in total. The molecule has 130 valence electrons. The number of aryl methyl sites for hydroxylation is 3. The van der Waals surface area contributed by atoms with Gasteiger partial charge in [-0.25, -0.2) is 0 Å². The number of nitrogens with zero attached hydrogens (tertiary/aromatic N) is 4. The first-order valence-electron chi connectivity index (χ1n) is 8.37. The highest BCUT2D eigenvalue weighted by Crippen LogP contribution is 2.16. The predicted molar refractivity (Wildman–Crippen MR) is 87.4 cm³/mol. The Kier molecular flexibility index (Phi) is 4.99. The van der Waals surface area contributed by atoms with Gasteiger partial charge in [-0.15, -0.1) is 0 Å². The normalized spacial score (nSPS) is 15.9. The predicted octanol–water partition coefficient (Wildman–Crippen LogP) is 1.86. The van der Waals surface area contributed by atoms with E-state index in [0.29, 0.717) is 12.8 Å². The highest BCUT2D eigenvalue weighted by molar-refractivity contribution is 5.76. The number of aromatic nitrogens is 2. The van der Waals surface area contributed by atoms with E-state index in [9.17, 15) is 4.79 Å². The van der Waals surface area contributed by atoms with Crippen molar-refractivity contribution < 1.29 is 13.8 Å². The summed E-state index contributed by atoms with van der Waals surface area (Å²) >= 11 is 0. The molecule has 7 heteroatoms. The summed E-state index contributed by atoms with van der Waals surface area (Å²) in [6, 6.07) is 1.96. The van der Waals surface area contributed by atoms with Crippen molar-refractivity contribution in [2.24, 2.45) is 0 Å². The zero-order valence-electron chi connectivity index (χ0n) is 14.5. The fourth-order valence-corrected chi connectivity index (χ4v) is 3.12. The molecular weight excluding hydrogens is 308 g/mol. The number of amides is 1. The third-order valence-corrected chi connectivity index (χ3v) is 4.55. The molecule has 1 amide bonds. The van der Waals surface area contributed by atoms with Crippen molar-refractivity contribution >= 4 is 5.91 Å². The van der Waals surface area contributed by atoms with E-state index in [1.165, 1.54) is 0 Å². The van der Waals surface area contributed by atoms with Crippen molar-refractivity contribution in [3.8, 4) is 0 Å². The summed E-state index contributed by atoms with van der Waals surface area (Å²) in [7, 11) is 0. The Morgan fingerprint density at radius 2 is 1.88 bits per heavy atom. The molecule has 2 aromatic heterocycles. The molecular formula is C17H24N4O3. The molecule has 7 nitrogen and oxygen atoms in total. The van der Waals surface area contributed by atoms with E-state index in [2.05, 4.69) is 15.2 Å². The van der Waals surface area contributed by atoms with Crippen molar-refractivity contribution in [2.75, 3.05) is 26.2 Å². The molecule has 24 heavy (non-hydrogen) atoms. The van der Waals surface area contributed by atoms with E-state index >= 15 is 0 Å². The fraction of sp³-hybridized carbons (Fsp3) is 0.588. The molecule has 1 aliphatic heterocycles. The minimum absolute atomic E-state index is 0.199. The van der Waals surface area contributed by atoms with E-state index in [0.717, 1.165) is 61.2 Å². The van der Waals surface area contributed by atoms with Gasteiger partial charge in [0.2, 0.25) is 5.91 Å². The maximum atomic E-state index is 12.4. The summed E-state index contributed by atoms with van der Waals surface area (Å²) in [6.07, 6.45) is 1.20. The molecule has 1 saturated heterocycles. The van der Waals surface area contributed by atoms with Crippen LogP contribution >= 0.6 is 0 Å². The van der Waals surface area contributed by atoms with Crippen LogP contribution in [-0.4, -0.2) is 52.2 Å². The Hall–Kier alpha value is -2.15. The molecule has 0 aromatic carbocycles. The second kappa shape index (κ2) is 7.17. The summed E-state index contributed by atoms with van der Waals surface area (Å²) in [5, 5.41) is 7.85. The summed E-state index contributed by atoms with van der Waals surface area (Å²) in [6.45, 7) is 9.71. The molecule has 3 rings (SSSR count). The highest BCUT2D eigenvalue weighted by atomic mass is 16.5. The van der Waals surface area contributed by atoms with Gasteiger partial charge in [-0.05, 0) is 27.2 Å². The smallest absolute Gasteiger partial charge is 0.222 e. The highest BCUT2D eigenvalue weighted by Gasteiger charge is 2.22. The standard InChI is InChI=1S/C17H24N4O3/c1-12-10-15(24-18-12)11-20-6-8-21(9-7-20)17(22)5-4-16-13(2)19-23-14(16)3/h10H,4-9,11H2,1-3H3. The van der Waals surface area contributed by atoms with Crippen LogP contribution in [-0.2, 0) is 17.8 Å². The lowest BCUT2D eigenvalue weighted by molar-refractivity contribution is -0.133. The number of carbonyl (C=O) groups is 1. The third kappa shape index (κ3) is 3.84. The largest absolute Gasteiger partial charge is 0.361 e. The Labute approximate surface area is 141 Å². The van der Waals surface area contributed by atoms with Gasteiger partial charge in [-0.3, -0.25) is 9.69 Å². The first-order valence-corrected chi connectivity index (χ1v) is 8.37. The Bertz CT molecular complexity index is 679. The van der Waals surface area contributed by atoms with Crippen LogP contribution in [0.25, 0.3) is 0 Å². The first-order chi connectivity index (χ1) is 11.5. The number of carbonyl (C=O) groups excluding carboxylic acids is 1. The summed E-state index contributed by atoms with van der Waals surface area (Å²) in [4.78, 5) is 16.6. The molecule has 0 unspecified atom stereocenters. The molecule has 0 bridgehead atoms. The lowest BCUT2D eigenvalue weighted by Gasteiger charge is -2.34. The third-order valence-electron chi connectivity index (χ3n) is 4.55. The molecule has 1 fully saturated rings. The summed E-state index contributed by atoms with van der Waals surface area (Å²) in [5.74, 6) is 1.89. The number of hydrogen-bond acceptors (Lipinski definition) is 6. The SMILES string of the molecule is Cc1cc(CN2CCN(C(=O)CCc3c(C)noc3C)CC2)on1. The molecule has 1 aliphatic rings. The van der Waals surface area contributed by atoms with Crippen molar-refractivity contribution in [3.05, 3.63) is 34.5 Å². The lowest BCUT2D eigenvalue weighted by Crippen LogP contribution is -2.48. The van der Waals surface area contributed by atoms with Gasteiger partial charge in [0.25, 0.3) is 0 Å². The summed E-state index contributed by atoms with van der Waals surface area (Å²) < 4.78 is 10.4. The van der Waals surface area contributed by atoms with Gasteiger partial charge < -0.3 is 13.9 Å². The molecule has 0 atom stereocenters. The van der Waals surface area contributed by atoms with Gasteiger partial charge in [0, 0.05) is 44.2 Å². The maximum Gasteiger partial charge on any atom is 0.222 e. The van der Waals surface area contributed by atoms with E-state index in [1.54, 1.807) is 0 Å². The van der Waals surface area contributed by atoms with E-state index in [1.807, 2.05) is 31.7 Å². The average Bonchev–Trinajstić information content (AvgIpc) is 3.12. The minimum Gasteiger partial charge on any atom is -0.361 e. The van der Waals surface area contributed by atoms with Crippen molar-refractivity contribution in [1.82, 2.24) is 20.1 Å². The monoisotopic (exact) mass is 332 g/mol. The van der Waals surface area contributed by atoms with Gasteiger partial charge in [-0.2, -0.15) is 0 Å². The molecule has 0 aliphatic carbocycles. The molecule has 2 aromatic rings. The number of piperazine rings is 1. The molecule has 0 radical (unpaired) electrons. The van der Waals surface area contributed by atoms with Crippen LogP contribution in [0.5, 0.6) is 0 Å². The second-order valence-corrected chi connectivity index (χ2v) is 6.39. The second-order valence-electron chi connectivity index (χ2n) is 6.39. The van der Waals surface area contributed by atoms with Gasteiger partial charge in [-0.1, -0.05) is 10.3 Å². The van der Waals surface area contributed by atoms with Gasteiger partial charge in [0.05, 0.1) is 17.9 Å². The van der Waals surface area contributed by atoms with Crippen LogP contribution in [0.3, 0.4) is 0 Å². The van der Waals surface area contributed by atoms with E-state index in [4.69, 9.17) is 9.05 Å². The van der Waals surface area contributed by atoms with Crippen LogP contribution < -0.4 is 0 Å². The van der Waals surface area contributed by atoms with E-state index in [-0.39, 0.29) is 5.91 Å². The zero-order chi connectivity index (χ0) is 17.1.